The van der Waals surface area contributed by atoms with Crippen LogP contribution in [-0.4, -0.2) is 47.9 Å². The predicted molar refractivity (Wildman–Crippen MR) is 81.7 cm³/mol. The fraction of sp³-hybridized carbons (Fsp3) is 0.500. The van der Waals surface area contributed by atoms with Crippen LogP contribution in [0.4, 0.5) is 0 Å². The number of carbonyl (C=O) groups excluding carboxylic acids is 1. The monoisotopic (exact) mass is 344 g/mol. The molecule has 1 amide bonds. The van der Waals surface area contributed by atoms with E-state index in [4.69, 9.17) is 11.6 Å². The number of carbonyl (C=O) groups is 1. The van der Waals surface area contributed by atoms with Crippen molar-refractivity contribution in [2.24, 2.45) is 0 Å². The molecule has 1 heterocycles. The van der Waals surface area contributed by atoms with Gasteiger partial charge in [-0.15, -0.1) is 0 Å². The van der Waals surface area contributed by atoms with Gasteiger partial charge in [-0.3, -0.25) is 9.69 Å². The van der Waals surface area contributed by atoms with E-state index >= 15 is 0 Å². The average molecular weight is 346 g/mol. The summed E-state index contributed by atoms with van der Waals surface area (Å²) in [5, 5.41) is 0.577. The van der Waals surface area contributed by atoms with E-state index in [1.807, 2.05) is 11.0 Å². The first-order valence-corrected chi connectivity index (χ1v) is 7.53. The number of halogens is 2. The van der Waals surface area contributed by atoms with Crippen LogP contribution in [0.5, 0.6) is 0 Å². The molecule has 0 aliphatic carbocycles. The van der Waals surface area contributed by atoms with Gasteiger partial charge in [-0.2, -0.15) is 0 Å². The lowest BCUT2D eigenvalue weighted by Gasteiger charge is -2.42. The Hall–Kier alpha value is -0.580. The van der Waals surface area contributed by atoms with Gasteiger partial charge >= 0.3 is 0 Å². The number of amides is 1. The molecule has 1 aliphatic rings. The normalized spacial score (nSPS) is 24.6. The molecule has 19 heavy (non-hydrogen) atoms. The molecule has 5 heteroatoms. The second-order valence-corrected chi connectivity index (χ2v) is 6.58. The van der Waals surface area contributed by atoms with Gasteiger partial charge in [0, 0.05) is 40.2 Å². The van der Waals surface area contributed by atoms with Crippen molar-refractivity contribution < 1.29 is 4.79 Å². The fourth-order valence-electron chi connectivity index (χ4n) is 2.43. The largest absolute Gasteiger partial charge is 0.336 e. The molecular formula is C14H18BrClN2O. The van der Waals surface area contributed by atoms with E-state index in [1.54, 1.807) is 12.1 Å². The quantitative estimate of drug-likeness (QED) is 0.780. The summed E-state index contributed by atoms with van der Waals surface area (Å²) in [6.07, 6.45) is 0. The summed E-state index contributed by atoms with van der Waals surface area (Å²) in [5.41, 5.74) is 0.642. The molecule has 1 saturated heterocycles. The van der Waals surface area contributed by atoms with Crippen LogP contribution in [0.15, 0.2) is 22.7 Å². The van der Waals surface area contributed by atoms with Crippen molar-refractivity contribution in [2.75, 3.05) is 20.1 Å². The molecule has 2 rings (SSSR count). The molecule has 2 atom stereocenters. The van der Waals surface area contributed by atoms with Crippen LogP contribution < -0.4 is 0 Å². The minimum absolute atomic E-state index is 0.0509. The van der Waals surface area contributed by atoms with Crippen LogP contribution in [0.3, 0.4) is 0 Å². The molecule has 1 fully saturated rings. The molecule has 1 aromatic carbocycles. The predicted octanol–water partition coefficient (Wildman–Crippen LogP) is 3.27. The lowest BCUT2D eigenvalue weighted by Crippen LogP contribution is -2.56. The molecule has 0 N–H and O–H groups in total. The summed E-state index contributed by atoms with van der Waals surface area (Å²) < 4.78 is 0.832. The Kier molecular flexibility index (Phi) is 4.54. The highest BCUT2D eigenvalue weighted by molar-refractivity contribution is 9.10. The fourth-order valence-corrected chi connectivity index (χ4v) is 3.29. The van der Waals surface area contributed by atoms with E-state index in [-0.39, 0.29) is 5.91 Å². The molecule has 0 spiro atoms. The van der Waals surface area contributed by atoms with Gasteiger partial charge in [-0.05, 0) is 39.1 Å². The van der Waals surface area contributed by atoms with Crippen molar-refractivity contribution in [3.05, 3.63) is 33.3 Å². The molecule has 0 bridgehead atoms. The first kappa shape index (κ1) is 14.8. The molecule has 0 radical (unpaired) electrons. The van der Waals surface area contributed by atoms with E-state index in [0.29, 0.717) is 22.7 Å². The van der Waals surface area contributed by atoms with Gasteiger partial charge in [0.05, 0.1) is 0 Å². The van der Waals surface area contributed by atoms with Gasteiger partial charge in [-0.1, -0.05) is 27.5 Å². The Morgan fingerprint density at radius 1 is 1.26 bits per heavy atom. The van der Waals surface area contributed by atoms with Crippen molar-refractivity contribution in [2.45, 2.75) is 25.9 Å². The van der Waals surface area contributed by atoms with Crippen LogP contribution in [0.2, 0.25) is 5.02 Å². The third-order valence-corrected chi connectivity index (χ3v) is 4.43. The highest BCUT2D eigenvalue weighted by Gasteiger charge is 2.29. The van der Waals surface area contributed by atoms with Gasteiger partial charge in [0.2, 0.25) is 0 Å². The summed E-state index contributed by atoms with van der Waals surface area (Å²) >= 11 is 9.38. The molecule has 1 aromatic rings. The van der Waals surface area contributed by atoms with E-state index in [2.05, 4.69) is 41.7 Å². The van der Waals surface area contributed by atoms with Crippen molar-refractivity contribution in [1.29, 1.82) is 0 Å². The number of likely N-dealkylation sites (N-methyl/N-ethyl adjacent to an activating group) is 1. The van der Waals surface area contributed by atoms with Gasteiger partial charge in [0.15, 0.2) is 0 Å². The van der Waals surface area contributed by atoms with Crippen molar-refractivity contribution >= 4 is 33.4 Å². The molecular weight excluding hydrogens is 328 g/mol. The van der Waals surface area contributed by atoms with Gasteiger partial charge in [0.1, 0.15) is 0 Å². The number of hydrogen-bond donors (Lipinski definition) is 0. The van der Waals surface area contributed by atoms with Crippen LogP contribution in [0.1, 0.15) is 24.2 Å². The van der Waals surface area contributed by atoms with Crippen molar-refractivity contribution in [3.8, 4) is 0 Å². The number of hydrogen-bond acceptors (Lipinski definition) is 2. The first-order valence-electron chi connectivity index (χ1n) is 6.36. The summed E-state index contributed by atoms with van der Waals surface area (Å²) in [6, 6.07) is 6.07. The van der Waals surface area contributed by atoms with Crippen molar-refractivity contribution in [1.82, 2.24) is 9.80 Å². The van der Waals surface area contributed by atoms with Crippen LogP contribution in [0, 0.1) is 0 Å². The van der Waals surface area contributed by atoms with Gasteiger partial charge < -0.3 is 4.90 Å². The summed E-state index contributed by atoms with van der Waals surface area (Å²) in [7, 11) is 2.10. The van der Waals surface area contributed by atoms with Crippen LogP contribution in [-0.2, 0) is 0 Å². The smallest absolute Gasteiger partial charge is 0.254 e. The molecule has 104 valence electrons. The zero-order valence-electron chi connectivity index (χ0n) is 11.4. The number of rotatable bonds is 1. The summed E-state index contributed by atoms with van der Waals surface area (Å²) in [5.74, 6) is 0.0509. The lowest BCUT2D eigenvalue weighted by molar-refractivity contribution is 0.0414. The third-order valence-electron chi connectivity index (χ3n) is 3.76. The molecule has 0 saturated carbocycles. The van der Waals surface area contributed by atoms with Crippen LogP contribution in [0.25, 0.3) is 0 Å². The molecule has 3 nitrogen and oxygen atoms in total. The number of nitrogens with zero attached hydrogens (tertiary/aromatic N) is 2. The minimum Gasteiger partial charge on any atom is -0.336 e. The summed E-state index contributed by atoms with van der Waals surface area (Å²) in [6.45, 7) is 5.79. The second-order valence-electron chi connectivity index (χ2n) is 5.23. The van der Waals surface area contributed by atoms with Crippen LogP contribution >= 0.6 is 27.5 Å². The molecule has 1 aliphatic heterocycles. The van der Waals surface area contributed by atoms with Gasteiger partial charge in [-0.25, -0.2) is 0 Å². The zero-order valence-corrected chi connectivity index (χ0v) is 13.7. The SMILES string of the molecule is CC1CN(C(=O)c2cc(Cl)cc(Br)c2)CC(C)N1C. The van der Waals surface area contributed by atoms with E-state index in [1.165, 1.54) is 0 Å². The Balaban J connectivity index is 2.20. The minimum atomic E-state index is 0.0509. The third kappa shape index (κ3) is 3.30. The van der Waals surface area contributed by atoms with Crippen molar-refractivity contribution in [3.63, 3.8) is 0 Å². The first-order chi connectivity index (χ1) is 8.88. The Morgan fingerprint density at radius 3 is 2.37 bits per heavy atom. The topological polar surface area (TPSA) is 23.6 Å². The highest BCUT2D eigenvalue weighted by Crippen LogP contribution is 2.22. The second kappa shape index (κ2) is 5.81. The maximum absolute atomic E-state index is 12.5. The standard InChI is InChI=1S/C14H18BrClN2O/c1-9-7-18(8-10(2)17(9)3)14(19)11-4-12(15)6-13(16)5-11/h4-6,9-10H,7-8H2,1-3H3. The molecule has 0 aromatic heterocycles. The average Bonchev–Trinajstić information content (AvgIpc) is 2.33. The van der Waals surface area contributed by atoms with E-state index < -0.39 is 0 Å². The number of benzene rings is 1. The maximum Gasteiger partial charge on any atom is 0.254 e. The highest BCUT2D eigenvalue weighted by atomic mass is 79.9. The van der Waals surface area contributed by atoms with E-state index in [9.17, 15) is 4.79 Å². The Bertz CT molecular complexity index is 462. The van der Waals surface area contributed by atoms with E-state index in [0.717, 1.165) is 17.6 Å². The summed E-state index contributed by atoms with van der Waals surface area (Å²) in [4.78, 5) is 16.7. The Morgan fingerprint density at radius 2 is 1.84 bits per heavy atom. The molecule has 2 unspecified atom stereocenters. The van der Waals surface area contributed by atoms with Gasteiger partial charge in [0.25, 0.3) is 5.91 Å². The zero-order chi connectivity index (χ0) is 14.2. The Labute approximate surface area is 127 Å². The lowest BCUT2D eigenvalue weighted by atomic mass is 10.1. The number of piperazine rings is 1. The maximum atomic E-state index is 12.5.